The number of carbonyl (C=O) groups excluding carboxylic acids is 1. The lowest BCUT2D eigenvalue weighted by atomic mass is 10.2. The van der Waals surface area contributed by atoms with Gasteiger partial charge in [0.1, 0.15) is 0 Å². The normalized spacial score (nSPS) is 12.1. The highest BCUT2D eigenvalue weighted by atomic mass is 16.2. The van der Waals surface area contributed by atoms with Crippen molar-refractivity contribution >= 4 is 17.3 Å². The topological polar surface area (TPSA) is 58.4 Å². The van der Waals surface area contributed by atoms with Crippen molar-refractivity contribution < 1.29 is 4.79 Å². The summed E-state index contributed by atoms with van der Waals surface area (Å²) in [6.07, 6.45) is 2.12. The van der Waals surface area contributed by atoms with Gasteiger partial charge in [0.25, 0.3) is 0 Å². The molecule has 110 valence electrons. The number of nitrogens with zero attached hydrogens (tertiary/aromatic N) is 1. The van der Waals surface area contributed by atoms with Crippen molar-refractivity contribution in [3.05, 3.63) is 36.9 Å². The summed E-state index contributed by atoms with van der Waals surface area (Å²) in [5.41, 5.74) is 7.63. The molecule has 4 nitrogen and oxygen atoms in total. The summed E-state index contributed by atoms with van der Waals surface area (Å²) < 4.78 is 0. The summed E-state index contributed by atoms with van der Waals surface area (Å²) in [6.45, 7) is 11.0. The molecular formula is C16H25N3O. The largest absolute Gasteiger partial charge is 0.369 e. The zero-order valence-electron chi connectivity index (χ0n) is 12.6. The molecule has 0 spiro atoms. The van der Waals surface area contributed by atoms with Crippen LogP contribution in [0.2, 0.25) is 0 Å². The predicted molar refractivity (Wildman–Crippen MR) is 86.0 cm³/mol. The number of carbonyl (C=O) groups is 1. The summed E-state index contributed by atoms with van der Waals surface area (Å²) in [7, 11) is 0. The Hall–Kier alpha value is -1.81. The van der Waals surface area contributed by atoms with Gasteiger partial charge in [0.15, 0.2) is 0 Å². The summed E-state index contributed by atoms with van der Waals surface area (Å²) in [6, 6.07) is 7.73. The molecule has 1 aromatic rings. The van der Waals surface area contributed by atoms with E-state index < -0.39 is 6.04 Å². The Morgan fingerprint density at radius 1 is 1.40 bits per heavy atom. The van der Waals surface area contributed by atoms with Crippen LogP contribution in [0.25, 0.3) is 0 Å². The molecule has 0 heterocycles. The van der Waals surface area contributed by atoms with Gasteiger partial charge in [0.2, 0.25) is 5.91 Å². The lowest BCUT2D eigenvalue weighted by Crippen LogP contribution is -2.35. The molecule has 3 N–H and O–H groups in total. The second-order valence-corrected chi connectivity index (χ2v) is 5.05. The predicted octanol–water partition coefficient (Wildman–Crippen LogP) is 2.76. The Bertz CT molecular complexity index is 440. The highest BCUT2D eigenvalue weighted by molar-refractivity contribution is 5.94. The van der Waals surface area contributed by atoms with Crippen LogP contribution in [0.3, 0.4) is 0 Å². The minimum atomic E-state index is -0.546. The van der Waals surface area contributed by atoms with E-state index in [9.17, 15) is 4.79 Å². The van der Waals surface area contributed by atoms with Gasteiger partial charge in [-0.1, -0.05) is 6.08 Å². The third-order valence-electron chi connectivity index (χ3n) is 3.19. The lowest BCUT2D eigenvalue weighted by molar-refractivity contribution is -0.117. The molecule has 1 rings (SSSR count). The summed E-state index contributed by atoms with van der Waals surface area (Å²) in [5.74, 6) is -0.186. The van der Waals surface area contributed by atoms with Crippen LogP contribution in [0.1, 0.15) is 27.2 Å². The number of hydrogen-bond acceptors (Lipinski definition) is 3. The van der Waals surface area contributed by atoms with Crippen LogP contribution >= 0.6 is 0 Å². The number of nitrogens with two attached hydrogens (primary N) is 1. The molecule has 1 atom stereocenters. The van der Waals surface area contributed by atoms with Crippen LogP contribution in [-0.4, -0.2) is 24.5 Å². The fourth-order valence-electron chi connectivity index (χ4n) is 2.10. The molecule has 1 unspecified atom stereocenters. The van der Waals surface area contributed by atoms with Crippen molar-refractivity contribution in [3.63, 3.8) is 0 Å². The van der Waals surface area contributed by atoms with Crippen molar-refractivity contribution in [2.45, 2.75) is 39.3 Å². The Kier molecular flexibility index (Phi) is 6.25. The van der Waals surface area contributed by atoms with E-state index in [1.54, 1.807) is 6.08 Å². The first kappa shape index (κ1) is 16.2. The van der Waals surface area contributed by atoms with E-state index in [1.165, 1.54) is 0 Å². The SMILES string of the molecule is C=CCC(N)C(=O)Nc1ccc(N(CC)C(C)C)cc1. The van der Waals surface area contributed by atoms with Crippen molar-refractivity contribution in [1.29, 1.82) is 0 Å². The average molecular weight is 275 g/mol. The van der Waals surface area contributed by atoms with E-state index in [-0.39, 0.29) is 5.91 Å². The van der Waals surface area contributed by atoms with Crippen LogP contribution in [0, 0.1) is 0 Å². The molecule has 0 aliphatic heterocycles. The molecule has 1 amide bonds. The van der Waals surface area contributed by atoms with E-state index in [4.69, 9.17) is 5.73 Å². The van der Waals surface area contributed by atoms with Gasteiger partial charge >= 0.3 is 0 Å². The zero-order chi connectivity index (χ0) is 15.1. The number of rotatable bonds is 7. The van der Waals surface area contributed by atoms with Crippen molar-refractivity contribution in [1.82, 2.24) is 0 Å². The van der Waals surface area contributed by atoms with Gasteiger partial charge in [-0.3, -0.25) is 4.79 Å². The van der Waals surface area contributed by atoms with E-state index in [0.29, 0.717) is 12.5 Å². The quantitative estimate of drug-likeness (QED) is 0.752. The third kappa shape index (κ3) is 4.38. The maximum Gasteiger partial charge on any atom is 0.241 e. The fraction of sp³-hybridized carbons (Fsp3) is 0.438. The van der Waals surface area contributed by atoms with Gasteiger partial charge in [-0.05, 0) is 51.5 Å². The Balaban J connectivity index is 2.71. The molecule has 0 bridgehead atoms. The second-order valence-electron chi connectivity index (χ2n) is 5.05. The standard InChI is InChI=1S/C16H25N3O/c1-5-7-15(17)16(20)18-13-8-10-14(11-9-13)19(6-2)12(3)4/h5,8-12,15H,1,6-7,17H2,2-4H3,(H,18,20). The van der Waals surface area contributed by atoms with Crippen LogP contribution < -0.4 is 16.0 Å². The minimum Gasteiger partial charge on any atom is -0.369 e. The van der Waals surface area contributed by atoms with Crippen molar-refractivity contribution in [2.24, 2.45) is 5.73 Å². The zero-order valence-corrected chi connectivity index (χ0v) is 12.6. The van der Waals surface area contributed by atoms with Crippen LogP contribution in [0.5, 0.6) is 0 Å². The number of anilines is 2. The second kappa shape index (κ2) is 7.70. The van der Waals surface area contributed by atoms with Gasteiger partial charge in [0.05, 0.1) is 6.04 Å². The maximum absolute atomic E-state index is 11.8. The van der Waals surface area contributed by atoms with E-state index >= 15 is 0 Å². The highest BCUT2D eigenvalue weighted by Crippen LogP contribution is 2.20. The minimum absolute atomic E-state index is 0.186. The molecule has 0 aromatic heterocycles. The molecule has 0 saturated carbocycles. The molecule has 4 heteroatoms. The summed E-state index contributed by atoms with van der Waals surface area (Å²) in [5, 5.41) is 2.81. The third-order valence-corrected chi connectivity index (χ3v) is 3.19. The molecule has 0 fully saturated rings. The van der Waals surface area contributed by atoms with Gasteiger partial charge in [-0.15, -0.1) is 6.58 Å². The highest BCUT2D eigenvalue weighted by Gasteiger charge is 2.12. The van der Waals surface area contributed by atoms with Crippen LogP contribution in [0.15, 0.2) is 36.9 Å². The Morgan fingerprint density at radius 2 is 2.00 bits per heavy atom. The van der Waals surface area contributed by atoms with Crippen LogP contribution in [0.4, 0.5) is 11.4 Å². The molecule has 1 aromatic carbocycles. The van der Waals surface area contributed by atoms with Crippen LogP contribution in [-0.2, 0) is 4.79 Å². The Labute approximate surface area is 121 Å². The first-order valence-electron chi connectivity index (χ1n) is 7.03. The molecule has 0 radical (unpaired) electrons. The molecular weight excluding hydrogens is 250 g/mol. The van der Waals surface area contributed by atoms with Crippen molar-refractivity contribution in [3.8, 4) is 0 Å². The average Bonchev–Trinajstić information content (AvgIpc) is 2.41. The number of hydrogen-bond donors (Lipinski definition) is 2. The van der Waals surface area contributed by atoms with Gasteiger partial charge in [-0.2, -0.15) is 0 Å². The van der Waals surface area contributed by atoms with E-state index in [0.717, 1.165) is 17.9 Å². The van der Waals surface area contributed by atoms with E-state index in [2.05, 4.69) is 37.6 Å². The number of nitrogens with one attached hydrogen (secondary N) is 1. The monoisotopic (exact) mass is 275 g/mol. The lowest BCUT2D eigenvalue weighted by Gasteiger charge is -2.27. The molecule has 0 aliphatic rings. The molecule has 0 aliphatic carbocycles. The fourth-order valence-corrected chi connectivity index (χ4v) is 2.10. The van der Waals surface area contributed by atoms with Gasteiger partial charge in [-0.25, -0.2) is 0 Å². The smallest absolute Gasteiger partial charge is 0.241 e. The first-order valence-corrected chi connectivity index (χ1v) is 7.03. The van der Waals surface area contributed by atoms with E-state index in [1.807, 2.05) is 24.3 Å². The maximum atomic E-state index is 11.8. The molecule has 0 saturated heterocycles. The number of benzene rings is 1. The Morgan fingerprint density at radius 3 is 2.45 bits per heavy atom. The van der Waals surface area contributed by atoms with Gasteiger partial charge < -0.3 is 16.0 Å². The first-order chi connectivity index (χ1) is 9.49. The molecule has 20 heavy (non-hydrogen) atoms. The van der Waals surface area contributed by atoms with Gasteiger partial charge in [0, 0.05) is 24.0 Å². The number of amides is 1. The summed E-state index contributed by atoms with van der Waals surface area (Å²) in [4.78, 5) is 14.1. The van der Waals surface area contributed by atoms with Crippen molar-refractivity contribution in [2.75, 3.05) is 16.8 Å². The summed E-state index contributed by atoms with van der Waals surface area (Å²) >= 11 is 0.